The van der Waals surface area contributed by atoms with E-state index in [-0.39, 0.29) is 24.3 Å². The number of hydrogen-bond acceptors (Lipinski definition) is 5. The second-order valence-electron chi connectivity index (χ2n) is 4.20. The molecule has 108 valence electrons. The molecule has 20 heavy (non-hydrogen) atoms. The molecule has 0 bridgehead atoms. The van der Waals surface area contributed by atoms with Crippen LogP contribution in [0.1, 0.15) is 6.42 Å². The van der Waals surface area contributed by atoms with E-state index >= 15 is 0 Å². The highest BCUT2D eigenvalue weighted by molar-refractivity contribution is 9.10. The van der Waals surface area contributed by atoms with Crippen LogP contribution in [0.5, 0.6) is 0 Å². The minimum atomic E-state index is -3.89. The first-order chi connectivity index (χ1) is 9.20. The fraction of sp³-hybridized carbons (Fsp3) is 0.300. The summed E-state index contributed by atoms with van der Waals surface area (Å²) in [6.07, 6.45) is -0.282. The fourth-order valence-electron chi connectivity index (χ4n) is 1.96. The van der Waals surface area contributed by atoms with Crippen LogP contribution in [0.25, 0.3) is 0 Å². The SMILES string of the molecule is O=C1CC(S(=O)(=O)Cl)CN1c1cc(Br)ccc1[N+](=O)[O-]. The first-order valence-electron chi connectivity index (χ1n) is 5.38. The summed E-state index contributed by atoms with van der Waals surface area (Å²) in [4.78, 5) is 23.3. The zero-order valence-electron chi connectivity index (χ0n) is 9.82. The van der Waals surface area contributed by atoms with E-state index < -0.39 is 25.1 Å². The number of nitro benzene ring substituents is 1. The minimum absolute atomic E-state index is 0.0530. The number of nitrogens with zero attached hydrogens (tertiary/aromatic N) is 2. The van der Waals surface area contributed by atoms with Crippen LogP contribution in [0, 0.1) is 10.1 Å². The van der Waals surface area contributed by atoms with Crippen molar-refractivity contribution in [2.24, 2.45) is 0 Å². The molecule has 0 saturated carbocycles. The number of nitro groups is 1. The largest absolute Gasteiger partial charge is 0.305 e. The van der Waals surface area contributed by atoms with Gasteiger partial charge in [-0.3, -0.25) is 14.9 Å². The molecule has 1 unspecified atom stereocenters. The van der Waals surface area contributed by atoms with Crippen LogP contribution in [0.4, 0.5) is 11.4 Å². The van der Waals surface area contributed by atoms with Gasteiger partial charge in [0.25, 0.3) is 5.69 Å². The van der Waals surface area contributed by atoms with Gasteiger partial charge in [-0.15, -0.1) is 0 Å². The Balaban J connectivity index is 2.45. The summed E-state index contributed by atoms with van der Waals surface area (Å²) < 4.78 is 23.1. The van der Waals surface area contributed by atoms with Crippen LogP contribution >= 0.6 is 26.6 Å². The summed E-state index contributed by atoms with van der Waals surface area (Å²) in [5, 5.41) is 9.92. The lowest BCUT2D eigenvalue weighted by atomic mass is 10.2. The zero-order chi connectivity index (χ0) is 15.1. The second-order valence-corrected chi connectivity index (χ2v) is 8.02. The fourth-order valence-corrected chi connectivity index (χ4v) is 3.34. The van der Waals surface area contributed by atoms with Crippen LogP contribution in [0.3, 0.4) is 0 Å². The van der Waals surface area contributed by atoms with Gasteiger partial charge in [0.05, 0.1) is 4.92 Å². The van der Waals surface area contributed by atoms with Gasteiger partial charge < -0.3 is 4.90 Å². The summed E-state index contributed by atoms with van der Waals surface area (Å²) >= 11 is 3.16. The molecule has 1 heterocycles. The lowest BCUT2D eigenvalue weighted by molar-refractivity contribution is -0.384. The molecule has 1 aromatic rings. The van der Waals surface area contributed by atoms with Crippen LogP contribution < -0.4 is 4.90 Å². The van der Waals surface area contributed by atoms with Crippen LogP contribution in [-0.2, 0) is 13.8 Å². The Morgan fingerprint density at radius 2 is 2.10 bits per heavy atom. The Labute approximate surface area is 127 Å². The standard InChI is InChI=1S/C10H8BrClN2O5S/c11-6-1-2-8(14(16)17)9(3-6)13-5-7(4-10(13)15)20(12,18)19/h1-3,7H,4-5H2. The van der Waals surface area contributed by atoms with Gasteiger partial charge in [-0.25, -0.2) is 8.42 Å². The van der Waals surface area contributed by atoms with Crippen molar-refractivity contribution < 1.29 is 18.1 Å². The first-order valence-corrected chi connectivity index (χ1v) is 8.54. The molecular formula is C10H8BrClN2O5S. The zero-order valence-corrected chi connectivity index (χ0v) is 13.0. The predicted molar refractivity (Wildman–Crippen MR) is 76.3 cm³/mol. The van der Waals surface area contributed by atoms with E-state index in [0.717, 1.165) is 4.90 Å². The van der Waals surface area contributed by atoms with Crippen LogP contribution in [-0.4, -0.2) is 31.0 Å². The van der Waals surface area contributed by atoms with E-state index in [1.54, 1.807) is 0 Å². The Kier molecular flexibility index (Phi) is 4.03. The number of carbonyl (C=O) groups is 1. The maximum Gasteiger partial charge on any atom is 0.293 e. The van der Waals surface area contributed by atoms with Crippen molar-refractivity contribution >= 4 is 52.9 Å². The summed E-state index contributed by atoms with van der Waals surface area (Å²) in [5.74, 6) is -0.513. The van der Waals surface area contributed by atoms with E-state index in [4.69, 9.17) is 10.7 Å². The molecule has 1 aliphatic rings. The number of benzene rings is 1. The Hall–Kier alpha value is -1.19. The average molecular weight is 384 g/mol. The molecule has 1 saturated heterocycles. The molecule has 10 heteroatoms. The summed E-state index contributed by atoms with van der Waals surface area (Å²) in [6, 6.07) is 4.12. The number of rotatable bonds is 3. The van der Waals surface area contributed by atoms with E-state index in [1.165, 1.54) is 18.2 Å². The quantitative estimate of drug-likeness (QED) is 0.452. The van der Waals surface area contributed by atoms with E-state index in [0.29, 0.717) is 4.47 Å². The maximum atomic E-state index is 11.9. The third-order valence-electron chi connectivity index (χ3n) is 2.91. The van der Waals surface area contributed by atoms with Crippen LogP contribution in [0.15, 0.2) is 22.7 Å². The average Bonchev–Trinajstić information content (AvgIpc) is 2.70. The molecular weight excluding hydrogens is 376 g/mol. The Morgan fingerprint density at radius 3 is 2.60 bits per heavy atom. The van der Waals surface area contributed by atoms with Gasteiger partial charge in [0.15, 0.2) is 0 Å². The predicted octanol–water partition coefficient (Wildman–Crippen LogP) is 2.03. The second kappa shape index (κ2) is 5.30. The van der Waals surface area contributed by atoms with Crippen molar-refractivity contribution in [2.45, 2.75) is 11.7 Å². The van der Waals surface area contributed by atoms with Crippen molar-refractivity contribution in [2.75, 3.05) is 11.4 Å². The summed E-state index contributed by atoms with van der Waals surface area (Å²) in [5.41, 5.74) is -0.216. The van der Waals surface area contributed by atoms with Gasteiger partial charge in [-0.1, -0.05) is 15.9 Å². The number of hydrogen-bond donors (Lipinski definition) is 0. The lowest BCUT2D eigenvalue weighted by Crippen LogP contribution is -2.27. The van der Waals surface area contributed by atoms with Crippen molar-refractivity contribution in [1.82, 2.24) is 0 Å². The summed E-state index contributed by atoms with van der Waals surface area (Å²) in [7, 11) is 1.35. The molecule has 0 spiro atoms. The van der Waals surface area contributed by atoms with Gasteiger partial charge in [-0.05, 0) is 12.1 Å². The van der Waals surface area contributed by atoms with Gasteiger partial charge in [0.2, 0.25) is 15.0 Å². The van der Waals surface area contributed by atoms with Gasteiger partial charge in [0, 0.05) is 34.2 Å². The number of amides is 1. The smallest absolute Gasteiger partial charge is 0.293 e. The molecule has 1 aromatic carbocycles. The van der Waals surface area contributed by atoms with E-state index in [1.807, 2.05) is 0 Å². The molecule has 0 N–H and O–H groups in total. The third-order valence-corrected chi connectivity index (χ3v) is 5.27. The number of carbonyl (C=O) groups excluding carboxylic acids is 1. The normalized spacial score (nSPS) is 19.4. The highest BCUT2D eigenvalue weighted by atomic mass is 79.9. The van der Waals surface area contributed by atoms with Crippen molar-refractivity contribution in [3.05, 3.63) is 32.8 Å². The molecule has 0 aromatic heterocycles. The van der Waals surface area contributed by atoms with E-state index in [2.05, 4.69) is 15.9 Å². The van der Waals surface area contributed by atoms with Gasteiger partial charge in [0.1, 0.15) is 10.9 Å². The van der Waals surface area contributed by atoms with Gasteiger partial charge >= 0.3 is 0 Å². The highest BCUT2D eigenvalue weighted by Gasteiger charge is 2.40. The first kappa shape index (κ1) is 15.2. The molecule has 0 radical (unpaired) electrons. The minimum Gasteiger partial charge on any atom is -0.305 e. The van der Waals surface area contributed by atoms with Gasteiger partial charge in [-0.2, -0.15) is 0 Å². The topological polar surface area (TPSA) is 97.6 Å². The number of halogens is 2. The molecule has 1 aliphatic heterocycles. The number of anilines is 1. The van der Waals surface area contributed by atoms with E-state index in [9.17, 15) is 23.3 Å². The monoisotopic (exact) mass is 382 g/mol. The summed E-state index contributed by atoms with van der Waals surface area (Å²) in [6.45, 7) is -0.192. The molecule has 7 nitrogen and oxygen atoms in total. The van der Waals surface area contributed by atoms with Crippen molar-refractivity contribution in [3.8, 4) is 0 Å². The van der Waals surface area contributed by atoms with Crippen molar-refractivity contribution in [1.29, 1.82) is 0 Å². The highest BCUT2D eigenvalue weighted by Crippen LogP contribution is 2.35. The molecule has 0 aliphatic carbocycles. The van der Waals surface area contributed by atoms with Crippen LogP contribution in [0.2, 0.25) is 0 Å². The van der Waals surface area contributed by atoms with Crippen molar-refractivity contribution in [3.63, 3.8) is 0 Å². The Morgan fingerprint density at radius 1 is 1.45 bits per heavy atom. The lowest BCUT2D eigenvalue weighted by Gasteiger charge is -2.16. The molecule has 1 fully saturated rings. The molecule has 1 amide bonds. The maximum absolute atomic E-state index is 11.9. The Bertz CT molecular complexity index is 693. The third kappa shape index (κ3) is 2.94. The molecule has 1 atom stereocenters. The molecule has 2 rings (SSSR count).